The zero-order valence-corrected chi connectivity index (χ0v) is 13.6. The minimum Gasteiger partial charge on any atom is -0.444 e. The maximum atomic E-state index is 11.7. The van der Waals surface area contributed by atoms with E-state index in [0.29, 0.717) is 12.6 Å². The Bertz CT molecular complexity index is 345. The third-order valence-electron chi connectivity index (χ3n) is 3.38. The van der Waals surface area contributed by atoms with E-state index in [4.69, 9.17) is 4.74 Å². The van der Waals surface area contributed by atoms with Crippen molar-refractivity contribution in [3.8, 4) is 0 Å². The van der Waals surface area contributed by atoms with Gasteiger partial charge in [0.25, 0.3) is 0 Å². The molecule has 6 heteroatoms. The van der Waals surface area contributed by atoms with Crippen molar-refractivity contribution in [3.05, 3.63) is 0 Å². The highest BCUT2D eigenvalue weighted by molar-refractivity contribution is 5.72. The maximum absolute atomic E-state index is 11.7. The third-order valence-corrected chi connectivity index (χ3v) is 3.38. The molecule has 2 amide bonds. The van der Waals surface area contributed by atoms with Gasteiger partial charge in [-0.25, -0.2) is 4.79 Å². The van der Waals surface area contributed by atoms with Crippen molar-refractivity contribution in [2.45, 2.75) is 71.1 Å². The van der Waals surface area contributed by atoms with Crippen LogP contribution in [0.1, 0.15) is 53.4 Å². The molecule has 0 aromatic heterocycles. The highest BCUT2D eigenvalue weighted by Crippen LogP contribution is 2.19. The van der Waals surface area contributed by atoms with Crippen LogP contribution in [0.4, 0.5) is 4.79 Å². The van der Waals surface area contributed by atoms with Crippen LogP contribution in [-0.4, -0.2) is 42.8 Å². The second kappa shape index (κ2) is 8.22. The van der Waals surface area contributed by atoms with Crippen LogP contribution in [0.15, 0.2) is 0 Å². The van der Waals surface area contributed by atoms with Gasteiger partial charge in [-0.1, -0.05) is 0 Å². The lowest BCUT2D eigenvalue weighted by atomic mass is 9.91. The van der Waals surface area contributed by atoms with E-state index < -0.39 is 5.60 Å². The van der Waals surface area contributed by atoms with E-state index in [2.05, 4.69) is 16.0 Å². The van der Waals surface area contributed by atoms with Crippen LogP contribution in [0.3, 0.4) is 0 Å². The van der Waals surface area contributed by atoms with Gasteiger partial charge in [0.15, 0.2) is 0 Å². The van der Waals surface area contributed by atoms with E-state index in [1.54, 1.807) is 0 Å². The fourth-order valence-electron chi connectivity index (χ4n) is 2.43. The van der Waals surface area contributed by atoms with Crippen LogP contribution in [0.5, 0.6) is 0 Å². The van der Waals surface area contributed by atoms with Crippen molar-refractivity contribution in [3.63, 3.8) is 0 Å². The average molecular weight is 299 g/mol. The first-order valence-corrected chi connectivity index (χ1v) is 7.73. The van der Waals surface area contributed by atoms with E-state index in [-0.39, 0.29) is 18.0 Å². The number of alkyl carbamates (subject to hydrolysis) is 1. The van der Waals surface area contributed by atoms with Gasteiger partial charge in [0.05, 0.1) is 0 Å². The van der Waals surface area contributed by atoms with Gasteiger partial charge in [0.2, 0.25) is 5.91 Å². The molecule has 0 saturated heterocycles. The zero-order valence-electron chi connectivity index (χ0n) is 13.6. The van der Waals surface area contributed by atoms with Crippen molar-refractivity contribution < 1.29 is 14.3 Å². The molecule has 1 saturated carbocycles. The molecule has 0 unspecified atom stereocenters. The van der Waals surface area contributed by atoms with Crippen LogP contribution in [0.2, 0.25) is 0 Å². The quantitative estimate of drug-likeness (QED) is 0.673. The Morgan fingerprint density at radius 2 is 1.62 bits per heavy atom. The lowest BCUT2D eigenvalue weighted by Crippen LogP contribution is -2.45. The number of amides is 2. The first kappa shape index (κ1) is 17.8. The molecule has 1 aliphatic carbocycles. The highest BCUT2D eigenvalue weighted by Gasteiger charge is 2.24. The molecule has 21 heavy (non-hydrogen) atoms. The standard InChI is InChI=1S/C15H29N3O3/c1-11(19)16-9-10-17-12-5-7-13(8-6-12)18-14(20)21-15(2,3)4/h12-13,17H,5-10H2,1-4H3,(H,16,19)(H,18,20). The largest absolute Gasteiger partial charge is 0.444 e. The first-order chi connectivity index (χ1) is 9.76. The molecule has 1 aliphatic rings. The molecular weight excluding hydrogens is 270 g/mol. The third kappa shape index (κ3) is 8.55. The summed E-state index contributed by atoms with van der Waals surface area (Å²) < 4.78 is 5.26. The predicted octanol–water partition coefficient (Wildman–Crippen LogP) is 1.55. The summed E-state index contributed by atoms with van der Waals surface area (Å²) >= 11 is 0. The van der Waals surface area contributed by atoms with Gasteiger partial charge < -0.3 is 20.7 Å². The molecule has 122 valence electrons. The molecule has 0 aromatic carbocycles. The fourth-order valence-corrected chi connectivity index (χ4v) is 2.43. The highest BCUT2D eigenvalue weighted by atomic mass is 16.6. The Balaban J connectivity index is 2.14. The monoisotopic (exact) mass is 299 g/mol. The molecule has 1 rings (SSSR count). The number of nitrogens with one attached hydrogen (secondary N) is 3. The molecule has 0 radical (unpaired) electrons. The van der Waals surface area contributed by atoms with Crippen molar-refractivity contribution in [1.29, 1.82) is 0 Å². The Hall–Kier alpha value is -1.30. The van der Waals surface area contributed by atoms with Gasteiger partial charge in [-0.3, -0.25) is 4.79 Å². The summed E-state index contributed by atoms with van der Waals surface area (Å²) in [5, 5.41) is 9.13. The second-order valence-electron chi connectivity index (χ2n) is 6.63. The molecule has 0 bridgehead atoms. The Labute approximate surface area is 127 Å². The lowest BCUT2D eigenvalue weighted by Gasteiger charge is -2.30. The van der Waals surface area contributed by atoms with Gasteiger partial charge >= 0.3 is 6.09 Å². The second-order valence-corrected chi connectivity index (χ2v) is 6.63. The molecule has 6 nitrogen and oxygen atoms in total. The number of ether oxygens (including phenoxy) is 1. The van der Waals surface area contributed by atoms with Gasteiger partial charge in [0.1, 0.15) is 5.60 Å². The molecule has 0 heterocycles. The van der Waals surface area contributed by atoms with Crippen LogP contribution in [0, 0.1) is 0 Å². The van der Waals surface area contributed by atoms with Gasteiger partial charge in [-0.15, -0.1) is 0 Å². The van der Waals surface area contributed by atoms with Gasteiger partial charge in [-0.2, -0.15) is 0 Å². The molecular formula is C15H29N3O3. The van der Waals surface area contributed by atoms with Crippen LogP contribution < -0.4 is 16.0 Å². The van der Waals surface area contributed by atoms with E-state index >= 15 is 0 Å². The zero-order chi connectivity index (χ0) is 15.9. The summed E-state index contributed by atoms with van der Waals surface area (Å²) in [6.07, 6.45) is 3.64. The Kier molecular flexibility index (Phi) is 6.95. The Morgan fingerprint density at radius 3 is 2.14 bits per heavy atom. The van der Waals surface area contributed by atoms with E-state index in [1.165, 1.54) is 6.92 Å². The number of hydrogen-bond acceptors (Lipinski definition) is 4. The van der Waals surface area contributed by atoms with E-state index in [1.807, 2.05) is 20.8 Å². The van der Waals surface area contributed by atoms with Crippen molar-refractivity contribution in [1.82, 2.24) is 16.0 Å². The fraction of sp³-hybridized carbons (Fsp3) is 0.867. The summed E-state index contributed by atoms with van der Waals surface area (Å²) in [5.74, 6) is 0.00192. The minimum absolute atomic E-state index is 0.00192. The SMILES string of the molecule is CC(=O)NCCNC1CCC(NC(=O)OC(C)(C)C)CC1. The molecule has 0 aliphatic heterocycles. The molecule has 0 aromatic rings. The number of carbonyl (C=O) groups excluding carboxylic acids is 2. The normalized spacial score (nSPS) is 22.5. The van der Waals surface area contributed by atoms with Crippen LogP contribution in [0.25, 0.3) is 0 Å². The van der Waals surface area contributed by atoms with Crippen molar-refractivity contribution in [2.24, 2.45) is 0 Å². The summed E-state index contributed by atoms with van der Waals surface area (Å²) in [5.41, 5.74) is -0.452. The maximum Gasteiger partial charge on any atom is 0.407 e. The molecule has 3 N–H and O–H groups in total. The number of rotatable bonds is 5. The summed E-state index contributed by atoms with van der Waals surface area (Å²) in [7, 11) is 0. The van der Waals surface area contributed by atoms with E-state index in [0.717, 1.165) is 32.2 Å². The van der Waals surface area contributed by atoms with Crippen LogP contribution in [-0.2, 0) is 9.53 Å². The van der Waals surface area contributed by atoms with Crippen molar-refractivity contribution >= 4 is 12.0 Å². The van der Waals surface area contributed by atoms with Gasteiger partial charge in [0, 0.05) is 32.1 Å². The summed E-state index contributed by atoms with van der Waals surface area (Å²) in [4.78, 5) is 22.4. The first-order valence-electron chi connectivity index (χ1n) is 7.73. The Morgan fingerprint density at radius 1 is 1.05 bits per heavy atom. The molecule has 0 atom stereocenters. The van der Waals surface area contributed by atoms with E-state index in [9.17, 15) is 9.59 Å². The predicted molar refractivity (Wildman–Crippen MR) is 82.1 cm³/mol. The molecule has 1 fully saturated rings. The number of carbonyl (C=O) groups is 2. The topological polar surface area (TPSA) is 79.5 Å². The van der Waals surface area contributed by atoms with Gasteiger partial charge in [-0.05, 0) is 46.5 Å². The minimum atomic E-state index is -0.452. The van der Waals surface area contributed by atoms with Crippen LogP contribution >= 0.6 is 0 Å². The number of hydrogen-bond donors (Lipinski definition) is 3. The average Bonchev–Trinajstić information content (AvgIpc) is 2.34. The smallest absolute Gasteiger partial charge is 0.407 e. The summed E-state index contributed by atoms with van der Waals surface area (Å²) in [6, 6.07) is 0.670. The van der Waals surface area contributed by atoms with Crippen molar-refractivity contribution in [2.75, 3.05) is 13.1 Å². The molecule has 0 spiro atoms. The lowest BCUT2D eigenvalue weighted by molar-refractivity contribution is -0.118. The summed E-state index contributed by atoms with van der Waals surface area (Å²) in [6.45, 7) is 8.56.